The molecular weight excluding hydrogens is 835 g/mol. The summed E-state index contributed by atoms with van der Waals surface area (Å²) in [4.78, 5) is 64.0. The van der Waals surface area contributed by atoms with Crippen LogP contribution in [0.2, 0.25) is 10.0 Å². The van der Waals surface area contributed by atoms with Gasteiger partial charge in [0.15, 0.2) is 17.4 Å². The summed E-state index contributed by atoms with van der Waals surface area (Å²) in [5.41, 5.74) is -0.590. The zero-order chi connectivity index (χ0) is 42.2. The van der Waals surface area contributed by atoms with Crippen LogP contribution in [0.4, 0.5) is 29.2 Å². The van der Waals surface area contributed by atoms with Crippen LogP contribution >= 0.6 is 34.5 Å². The number of hydrogen-bond donors (Lipinski definition) is 1. The minimum absolute atomic E-state index is 0.00362. The van der Waals surface area contributed by atoms with Gasteiger partial charge in [0, 0.05) is 35.8 Å². The third-order valence-corrected chi connectivity index (χ3v) is 14.3. The predicted octanol–water partition coefficient (Wildman–Crippen LogP) is 8.46. The van der Waals surface area contributed by atoms with Gasteiger partial charge in [-0.2, -0.15) is 23.3 Å². The summed E-state index contributed by atoms with van der Waals surface area (Å²) in [7, 11) is 2.83. The number of thiophene rings is 1. The number of aryl methyl sites for hydroxylation is 2. The summed E-state index contributed by atoms with van der Waals surface area (Å²) >= 11 is 14.0. The lowest BCUT2D eigenvalue weighted by molar-refractivity contribution is -0.141. The van der Waals surface area contributed by atoms with E-state index in [0.29, 0.717) is 22.4 Å². The molecule has 1 saturated carbocycles. The fourth-order valence-electron chi connectivity index (χ4n) is 9.72. The van der Waals surface area contributed by atoms with E-state index in [0.717, 1.165) is 53.6 Å². The number of fused-ring (bicyclic) bond motifs is 5. The Morgan fingerprint density at radius 2 is 1.73 bits per heavy atom. The van der Waals surface area contributed by atoms with Crippen molar-refractivity contribution in [3.05, 3.63) is 98.9 Å². The number of imide groups is 2. The van der Waals surface area contributed by atoms with Crippen LogP contribution in [0.5, 0.6) is 5.75 Å². The molecule has 4 aliphatic rings. The lowest BCUT2D eigenvalue weighted by Crippen LogP contribution is -2.49. The van der Waals surface area contributed by atoms with Crippen molar-refractivity contribution in [1.82, 2.24) is 19.8 Å². The number of phenols is 1. The lowest BCUT2D eigenvalue weighted by atomic mass is 9.51. The Hall–Kier alpha value is -5.32. The van der Waals surface area contributed by atoms with E-state index in [1.54, 1.807) is 32.2 Å². The number of allylic oxidation sites excluding steroid dienone is 2. The molecule has 3 fully saturated rings. The van der Waals surface area contributed by atoms with Crippen molar-refractivity contribution in [1.29, 1.82) is 0 Å². The SMILES string of the molecule is Cc1c(-c2cc(N3C(=O)[C@@H]4C[C@@H]5C(=CC[C@@H]6C(=O)N(N(C)c7nc(C(F)(F)F)ccc7Cl)C(=O)[C@@H]65)[C@H](c5ccc(O)c(F)c5)[C@]4(C)C3=O)n(C)n2)sc2ccc(Cl)cc12. The van der Waals surface area contributed by atoms with E-state index in [4.69, 9.17) is 28.3 Å². The van der Waals surface area contributed by atoms with Gasteiger partial charge in [-0.3, -0.25) is 28.9 Å². The molecule has 2 saturated heterocycles. The molecular formula is C41H32Cl2F4N6O5S. The second-order valence-electron chi connectivity index (χ2n) is 15.6. The molecule has 0 spiro atoms. The summed E-state index contributed by atoms with van der Waals surface area (Å²) in [5.74, 6) is -9.49. The fourth-order valence-corrected chi connectivity index (χ4v) is 11.3. The maximum absolute atomic E-state index is 15.2. The maximum Gasteiger partial charge on any atom is 0.433 e. The number of benzene rings is 2. The third-order valence-electron chi connectivity index (χ3n) is 12.5. The standard InChI is InChI=1S/C41H32Cl2F4N6O5S/c1-17-22-14-19(42)6-11-29(22)59-34(17)27-16-31(50(3)49-27)52-37(56)24-15-23-20(33(40(24,2)39(52)58)18-5-10-28(54)26(44)13-18)7-8-21-32(23)38(57)53(36(21)55)51(4)35-25(43)9-12-30(48-35)41(45,46)47/h5-7,9-14,16,21,23-24,32-33,54H,8,15H2,1-4H3/t21-,23+,24-,32-,33-,40+/m0/s1. The second kappa shape index (κ2) is 13.3. The van der Waals surface area contributed by atoms with Crippen LogP contribution in [0, 0.1) is 41.8 Å². The number of carbonyl (C=O) groups is 4. The number of halogens is 6. The number of hydrazine groups is 1. The summed E-state index contributed by atoms with van der Waals surface area (Å²) < 4.78 is 58.6. The van der Waals surface area contributed by atoms with Crippen molar-refractivity contribution in [2.24, 2.45) is 36.1 Å². The Kier molecular flexibility index (Phi) is 8.86. The summed E-state index contributed by atoms with van der Waals surface area (Å²) in [6.45, 7) is 3.57. The number of aromatic nitrogens is 3. The number of anilines is 2. The molecule has 0 bridgehead atoms. The van der Waals surface area contributed by atoms with Crippen LogP contribution < -0.4 is 9.91 Å². The van der Waals surface area contributed by atoms with Crippen molar-refractivity contribution in [3.8, 4) is 16.3 Å². The van der Waals surface area contributed by atoms with Gasteiger partial charge in [-0.1, -0.05) is 40.9 Å². The molecule has 4 amide bonds. The zero-order valence-corrected chi connectivity index (χ0v) is 33.8. The van der Waals surface area contributed by atoms with Gasteiger partial charge in [0.1, 0.15) is 17.2 Å². The molecule has 59 heavy (non-hydrogen) atoms. The second-order valence-corrected chi connectivity index (χ2v) is 17.5. The highest BCUT2D eigenvalue weighted by atomic mass is 35.5. The van der Waals surface area contributed by atoms with Gasteiger partial charge in [0.05, 0.1) is 33.1 Å². The molecule has 3 aromatic heterocycles. The first-order valence-electron chi connectivity index (χ1n) is 18.5. The van der Waals surface area contributed by atoms with E-state index in [1.165, 1.54) is 29.1 Å². The number of alkyl halides is 3. The molecule has 6 atom stereocenters. The highest BCUT2D eigenvalue weighted by Gasteiger charge is 2.68. The van der Waals surface area contributed by atoms with E-state index in [9.17, 15) is 32.7 Å². The van der Waals surface area contributed by atoms with Crippen LogP contribution in [-0.2, 0) is 32.4 Å². The molecule has 304 valence electrons. The molecule has 0 unspecified atom stereocenters. The van der Waals surface area contributed by atoms with Gasteiger partial charge in [-0.15, -0.1) is 11.3 Å². The van der Waals surface area contributed by atoms with Crippen molar-refractivity contribution in [2.75, 3.05) is 17.0 Å². The molecule has 9 rings (SSSR count). The monoisotopic (exact) mass is 866 g/mol. The van der Waals surface area contributed by atoms with Gasteiger partial charge in [-0.25, -0.2) is 14.3 Å². The average molecular weight is 868 g/mol. The number of nitrogens with zero attached hydrogens (tertiary/aromatic N) is 6. The predicted molar refractivity (Wildman–Crippen MR) is 211 cm³/mol. The molecule has 1 N–H and O–H groups in total. The largest absolute Gasteiger partial charge is 0.505 e. The van der Waals surface area contributed by atoms with Gasteiger partial charge in [0.2, 0.25) is 11.8 Å². The van der Waals surface area contributed by atoms with Gasteiger partial charge < -0.3 is 5.11 Å². The molecule has 11 nitrogen and oxygen atoms in total. The Labute approximate surface area is 347 Å². The number of phenolic OH excluding ortho intramolecular Hbond substituents is 1. The quantitative estimate of drug-likeness (QED) is 0.106. The van der Waals surface area contributed by atoms with Crippen LogP contribution in [-0.4, -0.2) is 55.6 Å². The maximum atomic E-state index is 15.2. The number of hydrogen-bond acceptors (Lipinski definition) is 9. The van der Waals surface area contributed by atoms with E-state index < -0.39 is 87.9 Å². The van der Waals surface area contributed by atoms with Crippen LogP contribution in [0.15, 0.2) is 66.2 Å². The summed E-state index contributed by atoms with van der Waals surface area (Å²) in [5, 5.41) is 17.8. The first-order valence-corrected chi connectivity index (χ1v) is 20.0. The minimum atomic E-state index is -4.84. The van der Waals surface area contributed by atoms with Crippen LogP contribution in [0.25, 0.3) is 20.7 Å². The molecule has 5 heterocycles. The number of pyridine rings is 1. The van der Waals surface area contributed by atoms with Gasteiger partial charge in [-0.05, 0) is 91.6 Å². The van der Waals surface area contributed by atoms with E-state index in [1.807, 2.05) is 19.1 Å². The molecule has 0 radical (unpaired) electrons. The normalized spacial score (nSPS) is 25.5. The molecule has 2 aliphatic carbocycles. The first-order chi connectivity index (χ1) is 27.8. The van der Waals surface area contributed by atoms with Crippen LogP contribution in [0.3, 0.4) is 0 Å². The van der Waals surface area contributed by atoms with Crippen LogP contribution in [0.1, 0.15) is 42.5 Å². The number of carbonyl (C=O) groups excluding carboxylic acids is 4. The van der Waals surface area contributed by atoms with Crippen molar-refractivity contribution in [2.45, 2.75) is 38.8 Å². The highest BCUT2D eigenvalue weighted by Crippen LogP contribution is 2.64. The smallest absolute Gasteiger partial charge is 0.433 e. The van der Waals surface area contributed by atoms with Crippen molar-refractivity contribution in [3.63, 3.8) is 0 Å². The average Bonchev–Trinajstić information content (AvgIpc) is 3.85. The Morgan fingerprint density at radius 3 is 2.44 bits per heavy atom. The van der Waals surface area contributed by atoms with E-state index in [2.05, 4.69) is 4.98 Å². The Balaban J connectivity index is 1.13. The lowest BCUT2D eigenvalue weighted by Gasteiger charge is -2.49. The molecule has 2 aliphatic heterocycles. The fraction of sp³-hybridized carbons (Fsp3) is 0.317. The minimum Gasteiger partial charge on any atom is -0.505 e. The number of rotatable bonds is 5. The van der Waals surface area contributed by atoms with E-state index in [-0.39, 0.29) is 29.2 Å². The molecule has 5 aromatic rings. The summed E-state index contributed by atoms with van der Waals surface area (Å²) in [6.07, 6.45) is -3.15. The van der Waals surface area contributed by atoms with Crippen molar-refractivity contribution < 1.29 is 41.8 Å². The highest BCUT2D eigenvalue weighted by molar-refractivity contribution is 7.22. The third kappa shape index (κ3) is 5.66. The number of aromatic hydroxyl groups is 1. The van der Waals surface area contributed by atoms with Gasteiger partial charge >= 0.3 is 6.18 Å². The topological polar surface area (TPSA) is 129 Å². The van der Waals surface area contributed by atoms with Crippen molar-refractivity contribution >= 4 is 79.9 Å². The Morgan fingerprint density at radius 1 is 0.983 bits per heavy atom. The Bertz CT molecular complexity index is 2740. The molecule has 18 heteroatoms. The summed E-state index contributed by atoms with van der Waals surface area (Å²) in [6, 6.07) is 12.6. The number of amides is 4. The van der Waals surface area contributed by atoms with E-state index >= 15 is 9.18 Å². The van der Waals surface area contributed by atoms with Gasteiger partial charge in [0.25, 0.3) is 11.8 Å². The first kappa shape index (κ1) is 39.2. The zero-order valence-electron chi connectivity index (χ0n) is 31.5. The molecule has 2 aromatic carbocycles.